The van der Waals surface area contributed by atoms with Crippen molar-refractivity contribution in [2.75, 3.05) is 25.1 Å². The zero-order valence-electron chi connectivity index (χ0n) is 19.8. The highest BCUT2D eigenvalue weighted by atomic mass is 19.1. The lowest BCUT2D eigenvalue weighted by Gasteiger charge is -2.19. The Balaban J connectivity index is 0.00000289. The molecule has 0 radical (unpaired) electrons. The van der Waals surface area contributed by atoms with E-state index >= 15 is 0 Å². The van der Waals surface area contributed by atoms with Crippen LogP contribution in [-0.2, 0) is 0 Å². The fourth-order valence-corrected chi connectivity index (χ4v) is 5.47. The molecule has 2 fully saturated rings. The van der Waals surface area contributed by atoms with Gasteiger partial charge in [0.25, 0.3) is 0 Å². The Hall–Kier alpha value is -3.00. The van der Waals surface area contributed by atoms with E-state index in [9.17, 15) is 9.18 Å². The van der Waals surface area contributed by atoms with Crippen LogP contribution >= 0.6 is 0 Å². The van der Waals surface area contributed by atoms with Crippen molar-refractivity contribution in [2.24, 2.45) is 11.7 Å². The molecule has 3 heterocycles. The number of nitrogens with two attached hydrogens (primary N) is 1. The van der Waals surface area contributed by atoms with Crippen LogP contribution in [0.25, 0.3) is 5.65 Å². The molecule has 7 nitrogen and oxygen atoms in total. The number of hydrogen-bond donors (Lipinski definition) is 1. The van der Waals surface area contributed by atoms with Gasteiger partial charge in [-0.1, -0.05) is 12.8 Å². The van der Waals surface area contributed by atoms with Gasteiger partial charge in [-0.15, -0.1) is 0 Å². The van der Waals surface area contributed by atoms with Crippen LogP contribution in [0.2, 0.25) is 0 Å². The smallest absolute Gasteiger partial charge is 0.169 e. The molecule has 182 valence electrons. The molecule has 34 heavy (non-hydrogen) atoms. The highest BCUT2D eigenvalue weighted by Crippen LogP contribution is 2.37. The number of halogens is 1. The minimum atomic E-state index is -0.407. The number of ether oxygens (including phenoxy) is 1. The van der Waals surface area contributed by atoms with E-state index < -0.39 is 5.82 Å². The summed E-state index contributed by atoms with van der Waals surface area (Å²) >= 11 is 0. The first-order valence-corrected chi connectivity index (χ1v) is 12.2. The van der Waals surface area contributed by atoms with Crippen LogP contribution in [0.3, 0.4) is 0 Å². The number of ketones is 1. The number of benzene rings is 1. The van der Waals surface area contributed by atoms with E-state index in [1.54, 1.807) is 6.07 Å². The summed E-state index contributed by atoms with van der Waals surface area (Å²) in [4.78, 5) is 20.6. The average Bonchev–Trinajstić information content (AvgIpc) is 3.35. The summed E-state index contributed by atoms with van der Waals surface area (Å²) in [7, 11) is 1.47. The Labute approximate surface area is 200 Å². The van der Waals surface area contributed by atoms with Crippen LogP contribution in [-0.4, -0.2) is 46.6 Å². The molecule has 1 unspecified atom stereocenters. The van der Waals surface area contributed by atoms with E-state index in [-0.39, 0.29) is 25.1 Å². The molecular formula is C26H34FN5O2. The molecule has 0 amide bonds. The minimum absolute atomic E-state index is 0. The molecule has 1 aromatic carbocycles. The third-order valence-electron chi connectivity index (χ3n) is 7.29. The van der Waals surface area contributed by atoms with Crippen molar-refractivity contribution in [3.63, 3.8) is 0 Å². The maximum atomic E-state index is 13.6. The fourth-order valence-electron chi connectivity index (χ4n) is 5.47. The van der Waals surface area contributed by atoms with E-state index in [4.69, 9.17) is 20.6 Å². The molecule has 8 heteroatoms. The number of hydrogen-bond acceptors (Lipinski definition) is 6. The first-order valence-electron chi connectivity index (χ1n) is 12.2. The van der Waals surface area contributed by atoms with Crippen LogP contribution in [0.4, 0.5) is 10.2 Å². The first-order chi connectivity index (χ1) is 16.4. The molecule has 3 atom stereocenters. The lowest BCUT2D eigenvalue weighted by Crippen LogP contribution is -2.27. The number of aromatic nitrogens is 3. The van der Waals surface area contributed by atoms with Crippen LogP contribution in [0.15, 0.2) is 30.5 Å². The van der Waals surface area contributed by atoms with Crippen molar-refractivity contribution in [1.29, 1.82) is 0 Å². The SMILES string of the molecule is COc1cc(F)ccc1C(=O)C1CCCC[C@@H](c2cc3nc(N4CC[C@H](N)C4)c(C)cn3n2)C1.[HH]. The standard InChI is InChI=1S/C26H32FN5O2.H2/c1-16-14-32-24(29-26(16)31-10-9-20(28)15-31)13-22(30-32)17-5-3-4-6-18(11-17)25(33)21-8-7-19(27)12-23(21)34-2;/h7-8,12-14,17-18,20H,3-6,9-11,15,28H2,1-2H3;1H/t17-,18?,20+;/m1./s1. The largest absolute Gasteiger partial charge is 0.496 e. The number of nitrogens with zero attached hydrogens (tertiary/aromatic N) is 4. The highest BCUT2D eigenvalue weighted by Gasteiger charge is 2.30. The molecule has 2 aromatic heterocycles. The number of carbonyl (C=O) groups is 1. The van der Waals surface area contributed by atoms with Gasteiger partial charge in [-0.2, -0.15) is 5.10 Å². The molecular weight excluding hydrogens is 433 g/mol. The maximum absolute atomic E-state index is 13.6. The second-order valence-corrected chi connectivity index (χ2v) is 9.74. The fraction of sp³-hybridized carbons (Fsp3) is 0.500. The molecule has 1 saturated heterocycles. The molecule has 5 rings (SSSR count). The first kappa shape index (κ1) is 22.8. The van der Waals surface area contributed by atoms with Gasteiger partial charge in [-0.25, -0.2) is 13.9 Å². The van der Waals surface area contributed by atoms with E-state index in [2.05, 4.69) is 17.9 Å². The van der Waals surface area contributed by atoms with Crippen molar-refractivity contribution < 1.29 is 15.3 Å². The number of Topliss-reactive ketones (excluding diaryl/α,β-unsaturated/α-hetero) is 1. The van der Waals surface area contributed by atoms with E-state index in [1.165, 1.54) is 19.2 Å². The van der Waals surface area contributed by atoms with Crippen LogP contribution in [0.1, 0.15) is 67.5 Å². The van der Waals surface area contributed by atoms with Crippen molar-refractivity contribution in [3.8, 4) is 5.75 Å². The molecule has 1 aliphatic carbocycles. The summed E-state index contributed by atoms with van der Waals surface area (Å²) in [6, 6.07) is 6.40. The topological polar surface area (TPSA) is 85.8 Å². The molecule has 1 saturated carbocycles. The summed E-state index contributed by atoms with van der Waals surface area (Å²) in [5.41, 5.74) is 9.44. The zero-order valence-corrected chi connectivity index (χ0v) is 19.8. The van der Waals surface area contributed by atoms with E-state index in [0.717, 1.165) is 74.3 Å². The van der Waals surface area contributed by atoms with Gasteiger partial charge in [-0.3, -0.25) is 4.79 Å². The second kappa shape index (κ2) is 9.33. The zero-order chi connectivity index (χ0) is 23.8. The van der Waals surface area contributed by atoms with Crippen LogP contribution < -0.4 is 15.4 Å². The summed E-state index contributed by atoms with van der Waals surface area (Å²) in [5, 5.41) is 4.86. The Bertz CT molecular complexity index is 1220. The summed E-state index contributed by atoms with van der Waals surface area (Å²) in [6.07, 6.45) is 7.57. The normalized spacial score (nSPS) is 23.3. The summed E-state index contributed by atoms with van der Waals surface area (Å²) in [5.74, 6) is 0.919. The molecule has 3 aromatic rings. The molecule has 0 spiro atoms. The van der Waals surface area contributed by atoms with E-state index in [1.807, 2.05) is 10.7 Å². The van der Waals surface area contributed by atoms with Gasteiger partial charge in [0.05, 0.1) is 18.4 Å². The van der Waals surface area contributed by atoms with Gasteiger partial charge in [-0.05, 0) is 44.7 Å². The van der Waals surface area contributed by atoms with Crippen molar-refractivity contribution in [3.05, 3.63) is 53.1 Å². The monoisotopic (exact) mass is 467 g/mol. The lowest BCUT2D eigenvalue weighted by atomic mass is 9.85. The van der Waals surface area contributed by atoms with Crippen LogP contribution in [0, 0.1) is 18.7 Å². The Kier molecular flexibility index (Phi) is 6.25. The Morgan fingerprint density at radius 2 is 2.06 bits per heavy atom. The van der Waals surface area contributed by atoms with Gasteiger partial charge in [0.2, 0.25) is 0 Å². The Morgan fingerprint density at radius 3 is 2.82 bits per heavy atom. The average molecular weight is 468 g/mol. The molecule has 2 N–H and O–H groups in total. The third kappa shape index (κ3) is 4.39. The minimum Gasteiger partial charge on any atom is -0.496 e. The molecule has 2 aliphatic rings. The quantitative estimate of drug-likeness (QED) is 0.439. The second-order valence-electron chi connectivity index (χ2n) is 9.74. The number of rotatable bonds is 5. The Morgan fingerprint density at radius 1 is 1.24 bits per heavy atom. The van der Waals surface area contributed by atoms with Crippen LogP contribution in [0.5, 0.6) is 5.75 Å². The number of fused-ring (bicyclic) bond motifs is 1. The summed E-state index contributed by atoms with van der Waals surface area (Å²) < 4.78 is 20.8. The predicted octanol–water partition coefficient (Wildman–Crippen LogP) is 4.52. The van der Waals surface area contributed by atoms with Crippen molar-refractivity contribution in [2.45, 2.75) is 57.4 Å². The van der Waals surface area contributed by atoms with Crippen molar-refractivity contribution in [1.82, 2.24) is 14.6 Å². The van der Waals surface area contributed by atoms with Gasteiger partial charge < -0.3 is 15.4 Å². The number of methoxy groups -OCH3 is 1. The lowest BCUT2D eigenvalue weighted by molar-refractivity contribution is 0.0901. The number of anilines is 1. The molecule has 1 aliphatic heterocycles. The highest BCUT2D eigenvalue weighted by molar-refractivity contribution is 6.00. The van der Waals surface area contributed by atoms with E-state index in [0.29, 0.717) is 11.3 Å². The van der Waals surface area contributed by atoms with Crippen molar-refractivity contribution >= 4 is 17.2 Å². The third-order valence-corrected chi connectivity index (χ3v) is 7.29. The van der Waals surface area contributed by atoms with Gasteiger partial charge in [0, 0.05) is 56.3 Å². The predicted molar refractivity (Wildman–Crippen MR) is 131 cm³/mol. The number of carbonyl (C=O) groups excluding carboxylic acids is 1. The summed E-state index contributed by atoms with van der Waals surface area (Å²) in [6.45, 7) is 3.80. The van der Waals surface area contributed by atoms with Gasteiger partial charge >= 0.3 is 0 Å². The van der Waals surface area contributed by atoms with Gasteiger partial charge in [0.1, 0.15) is 17.4 Å². The maximum Gasteiger partial charge on any atom is 0.169 e. The van der Waals surface area contributed by atoms with Gasteiger partial charge in [0.15, 0.2) is 11.4 Å². The number of aryl methyl sites for hydroxylation is 1. The molecule has 0 bridgehead atoms.